The van der Waals surface area contributed by atoms with Gasteiger partial charge in [0.05, 0.1) is 44.5 Å². The van der Waals surface area contributed by atoms with E-state index in [2.05, 4.69) is 20.4 Å². The number of hydrogen-bond donors (Lipinski definition) is 1. The number of carbonyl (C=O) groups excluding carboxylic acids is 1. The lowest BCUT2D eigenvalue weighted by molar-refractivity contribution is -0.141. The summed E-state index contributed by atoms with van der Waals surface area (Å²) in [7, 11) is 1.60. The largest absolute Gasteiger partial charge is 0.497 e. The van der Waals surface area contributed by atoms with Crippen LogP contribution < -0.4 is 20.5 Å². The van der Waals surface area contributed by atoms with Crippen LogP contribution in [0.4, 0.5) is 24.7 Å². The van der Waals surface area contributed by atoms with Gasteiger partial charge >= 0.3 is 6.18 Å². The van der Waals surface area contributed by atoms with Crippen molar-refractivity contribution in [3.63, 3.8) is 0 Å². The molecule has 0 aliphatic carbocycles. The molecule has 2 fully saturated rings. The van der Waals surface area contributed by atoms with E-state index in [1.165, 1.54) is 4.68 Å². The molecule has 1 aromatic carbocycles. The fourth-order valence-corrected chi connectivity index (χ4v) is 5.54. The van der Waals surface area contributed by atoms with E-state index < -0.39 is 18.0 Å². The molecule has 2 aromatic heterocycles. The molecule has 2 aliphatic rings. The number of likely N-dealkylation sites (tertiary alicyclic amines) is 1. The molecule has 3 aromatic rings. The van der Waals surface area contributed by atoms with Crippen molar-refractivity contribution in [1.29, 1.82) is 0 Å². The van der Waals surface area contributed by atoms with Crippen LogP contribution in [0.15, 0.2) is 47.7 Å². The van der Waals surface area contributed by atoms with Gasteiger partial charge in [0.1, 0.15) is 17.7 Å². The predicted molar refractivity (Wildman–Crippen MR) is 157 cm³/mol. The first-order valence-electron chi connectivity index (χ1n) is 14.6. The van der Waals surface area contributed by atoms with Crippen LogP contribution in [0.3, 0.4) is 0 Å². The molecular formula is C30H36F3N7O4. The Labute approximate surface area is 253 Å². The maximum absolute atomic E-state index is 13.2. The first-order chi connectivity index (χ1) is 21.0. The van der Waals surface area contributed by atoms with Crippen LogP contribution in [0, 0.1) is 6.92 Å². The number of nitrogens with zero attached hydrogens (tertiary/aromatic N) is 6. The third-order valence-electron chi connectivity index (χ3n) is 8.07. The van der Waals surface area contributed by atoms with Gasteiger partial charge in [-0.2, -0.15) is 18.3 Å². The van der Waals surface area contributed by atoms with Crippen molar-refractivity contribution in [2.45, 2.75) is 64.0 Å². The standard InChI is InChI=1S/C30H36F3N7O4/c1-19(37-24-14-36-40(28(41)20(24)2)17-21-4-6-23(43-3)7-5-21)18-44-25-10-13-39(29(25)42)22-8-11-38(12-9-22)27-16-34-26(15-35-27)30(31,32)33/h4-7,14-16,19,22,25,37H,8-13,17-18H2,1-3H3/t19-,25?/m0/s1. The van der Waals surface area contributed by atoms with Crippen molar-refractivity contribution in [3.8, 4) is 5.75 Å². The van der Waals surface area contributed by atoms with Crippen molar-refractivity contribution in [2.75, 3.05) is 43.6 Å². The van der Waals surface area contributed by atoms with E-state index in [0.717, 1.165) is 23.7 Å². The molecule has 1 N–H and O–H groups in total. The number of anilines is 2. The number of piperidine rings is 1. The number of nitrogens with one attached hydrogen (secondary N) is 1. The number of carbonyl (C=O) groups is 1. The van der Waals surface area contributed by atoms with Crippen LogP contribution in [0.5, 0.6) is 5.75 Å². The summed E-state index contributed by atoms with van der Waals surface area (Å²) in [5, 5.41) is 7.61. The molecule has 0 bridgehead atoms. The molecule has 1 unspecified atom stereocenters. The highest BCUT2D eigenvalue weighted by atomic mass is 19.4. The second-order valence-corrected chi connectivity index (χ2v) is 11.2. The minimum atomic E-state index is -4.53. The lowest BCUT2D eigenvalue weighted by Gasteiger charge is -2.37. The van der Waals surface area contributed by atoms with E-state index in [4.69, 9.17) is 9.47 Å². The Kier molecular flexibility index (Phi) is 9.37. The third-order valence-corrected chi connectivity index (χ3v) is 8.07. The Hall–Kier alpha value is -4.20. The summed E-state index contributed by atoms with van der Waals surface area (Å²) in [6.45, 7) is 5.98. The average molecular weight is 616 g/mol. The molecule has 1 amide bonds. The highest BCUT2D eigenvalue weighted by molar-refractivity contribution is 5.83. The van der Waals surface area contributed by atoms with E-state index in [1.54, 1.807) is 20.2 Å². The van der Waals surface area contributed by atoms with Crippen LogP contribution in [-0.2, 0) is 22.3 Å². The number of ether oxygens (including phenoxy) is 2. The number of benzene rings is 1. The Morgan fingerprint density at radius 2 is 1.75 bits per heavy atom. The second kappa shape index (κ2) is 13.2. The first kappa shape index (κ1) is 31.2. The lowest BCUT2D eigenvalue weighted by atomic mass is 10.0. The van der Waals surface area contributed by atoms with Gasteiger partial charge in [-0.25, -0.2) is 14.6 Å². The van der Waals surface area contributed by atoms with Gasteiger partial charge in [0.25, 0.3) is 11.5 Å². The third kappa shape index (κ3) is 7.12. The number of alkyl halides is 3. The van der Waals surface area contributed by atoms with Gasteiger partial charge in [0, 0.05) is 43.7 Å². The maximum Gasteiger partial charge on any atom is 0.434 e. The number of aromatic nitrogens is 4. The molecule has 5 rings (SSSR count). The fraction of sp³-hybridized carbons (Fsp3) is 0.500. The number of halogens is 3. The number of hydrogen-bond acceptors (Lipinski definition) is 9. The van der Waals surface area contributed by atoms with E-state index in [0.29, 0.717) is 62.5 Å². The Balaban J connectivity index is 1.08. The molecular weight excluding hydrogens is 579 g/mol. The minimum absolute atomic E-state index is 0.0310. The SMILES string of the molecule is COc1ccc(Cn2ncc(N[C@@H](C)COC3CCN(C4CCN(c5cnc(C(F)(F)F)cn5)CC4)C3=O)c(C)c2=O)cc1. The van der Waals surface area contributed by atoms with Crippen LogP contribution in [-0.4, -0.2) is 82.1 Å². The smallest absolute Gasteiger partial charge is 0.434 e. The highest BCUT2D eigenvalue weighted by Crippen LogP contribution is 2.29. The first-order valence-corrected chi connectivity index (χ1v) is 14.6. The van der Waals surface area contributed by atoms with Crippen LogP contribution in [0.2, 0.25) is 0 Å². The van der Waals surface area contributed by atoms with Crippen molar-refractivity contribution < 1.29 is 27.4 Å². The molecule has 236 valence electrons. The Morgan fingerprint density at radius 3 is 2.39 bits per heavy atom. The molecule has 11 nitrogen and oxygen atoms in total. The van der Waals surface area contributed by atoms with Gasteiger partial charge in [-0.1, -0.05) is 12.1 Å². The summed E-state index contributed by atoms with van der Waals surface area (Å²) in [6, 6.07) is 7.31. The summed E-state index contributed by atoms with van der Waals surface area (Å²) in [5.74, 6) is 1.08. The van der Waals surface area contributed by atoms with Crippen LogP contribution in [0.1, 0.15) is 43.0 Å². The fourth-order valence-electron chi connectivity index (χ4n) is 5.54. The molecule has 2 aliphatic heterocycles. The van der Waals surface area contributed by atoms with E-state index in [9.17, 15) is 22.8 Å². The summed E-state index contributed by atoms with van der Waals surface area (Å²) in [6.07, 6.45) is 0.383. The summed E-state index contributed by atoms with van der Waals surface area (Å²) < 4.78 is 51.0. The molecule has 4 heterocycles. The van der Waals surface area contributed by atoms with Crippen molar-refractivity contribution in [3.05, 3.63) is 70.0 Å². The molecule has 2 atom stereocenters. The van der Waals surface area contributed by atoms with Gasteiger partial charge in [0.15, 0.2) is 5.69 Å². The number of methoxy groups -OCH3 is 1. The number of rotatable bonds is 10. The monoisotopic (exact) mass is 615 g/mol. The molecule has 0 radical (unpaired) electrons. The van der Waals surface area contributed by atoms with Crippen molar-refractivity contribution >= 4 is 17.4 Å². The van der Waals surface area contributed by atoms with E-state index in [-0.39, 0.29) is 30.2 Å². The molecule has 0 saturated carbocycles. The summed E-state index contributed by atoms with van der Waals surface area (Å²) >= 11 is 0. The van der Waals surface area contributed by atoms with Gasteiger partial charge in [-0.05, 0) is 44.4 Å². The van der Waals surface area contributed by atoms with Crippen LogP contribution >= 0.6 is 0 Å². The normalized spacial score (nSPS) is 18.5. The maximum atomic E-state index is 13.2. The second-order valence-electron chi connectivity index (χ2n) is 11.2. The Bertz CT molecular complexity index is 1490. The average Bonchev–Trinajstić information content (AvgIpc) is 3.39. The zero-order valence-corrected chi connectivity index (χ0v) is 24.9. The zero-order chi connectivity index (χ0) is 31.4. The van der Waals surface area contributed by atoms with Gasteiger partial charge in [-0.15, -0.1) is 0 Å². The molecule has 44 heavy (non-hydrogen) atoms. The number of amides is 1. The van der Waals surface area contributed by atoms with Crippen molar-refractivity contribution in [1.82, 2.24) is 24.6 Å². The molecule has 14 heteroatoms. The van der Waals surface area contributed by atoms with Crippen LogP contribution in [0.25, 0.3) is 0 Å². The van der Waals surface area contributed by atoms with Gasteiger partial charge in [0.2, 0.25) is 0 Å². The lowest BCUT2D eigenvalue weighted by Crippen LogP contribution is -2.47. The van der Waals surface area contributed by atoms with Gasteiger partial charge < -0.3 is 24.6 Å². The Morgan fingerprint density at radius 1 is 1.02 bits per heavy atom. The topological polar surface area (TPSA) is 115 Å². The van der Waals surface area contributed by atoms with Gasteiger partial charge in [-0.3, -0.25) is 9.59 Å². The predicted octanol–water partition coefficient (Wildman–Crippen LogP) is 3.50. The summed E-state index contributed by atoms with van der Waals surface area (Å²) in [4.78, 5) is 37.3. The quantitative estimate of drug-likeness (QED) is 0.366. The summed E-state index contributed by atoms with van der Waals surface area (Å²) in [5.41, 5.74) is 0.862. The molecule has 0 spiro atoms. The van der Waals surface area contributed by atoms with Crippen molar-refractivity contribution in [2.24, 2.45) is 0 Å². The van der Waals surface area contributed by atoms with E-state index in [1.807, 2.05) is 41.0 Å². The van der Waals surface area contributed by atoms with E-state index >= 15 is 0 Å². The zero-order valence-electron chi connectivity index (χ0n) is 24.9. The minimum Gasteiger partial charge on any atom is -0.497 e. The highest BCUT2D eigenvalue weighted by Gasteiger charge is 2.38. The molecule has 2 saturated heterocycles.